The monoisotopic (exact) mass is 315 g/mol. The number of amides is 1. The largest absolute Gasteiger partial charge is 0.466 e. The van der Waals surface area contributed by atoms with Crippen LogP contribution in [0.2, 0.25) is 0 Å². The Labute approximate surface area is 130 Å². The fourth-order valence-electron chi connectivity index (χ4n) is 2.26. The number of hydrogen-bond donors (Lipinski definition) is 0. The second kappa shape index (κ2) is 7.47. The van der Waals surface area contributed by atoms with E-state index in [4.69, 9.17) is 14.2 Å². The van der Waals surface area contributed by atoms with E-state index in [1.807, 2.05) is 0 Å². The molecule has 1 heterocycles. The molecule has 0 bridgehead atoms. The van der Waals surface area contributed by atoms with Gasteiger partial charge in [0.1, 0.15) is 5.60 Å². The Kier molecular flexibility index (Phi) is 6.20. The van der Waals surface area contributed by atoms with Crippen LogP contribution in [0.3, 0.4) is 0 Å². The van der Waals surface area contributed by atoms with Gasteiger partial charge >= 0.3 is 18.0 Å². The van der Waals surface area contributed by atoms with Gasteiger partial charge in [0, 0.05) is 13.1 Å². The van der Waals surface area contributed by atoms with E-state index in [9.17, 15) is 14.4 Å². The van der Waals surface area contributed by atoms with Crippen molar-refractivity contribution in [1.29, 1.82) is 0 Å². The lowest BCUT2D eigenvalue weighted by Gasteiger charge is -2.24. The summed E-state index contributed by atoms with van der Waals surface area (Å²) >= 11 is 0. The second-order valence-corrected chi connectivity index (χ2v) is 6.10. The standard InChI is InChI=1S/C15H25NO6/c1-6-20-12(17)10-8-16(14(19)22-15(3,4)5)9-11(10)13(18)21-7-2/h10-11H,6-9H2,1-5H3/t10-,11?/m1/s1. The van der Waals surface area contributed by atoms with E-state index < -0.39 is 35.5 Å². The summed E-state index contributed by atoms with van der Waals surface area (Å²) in [4.78, 5) is 37.5. The normalized spacial score (nSPS) is 21.4. The molecule has 126 valence electrons. The van der Waals surface area contributed by atoms with Gasteiger partial charge in [-0.2, -0.15) is 0 Å². The lowest BCUT2D eigenvalue weighted by Crippen LogP contribution is -2.36. The summed E-state index contributed by atoms with van der Waals surface area (Å²) in [5, 5.41) is 0. The Morgan fingerprint density at radius 2 is 1.36 bits per heavy atom. The number of likely N-dealkylation sites (tertiary alicyclic amines) is 1. The van der Waals surface area contributed by atoms with Crippen LogP contribution in [0.5, 0.6) is 0 Å². The summed E-state index contributed by atoms with van der Waals surface area (Å²) in [6, 6.07) is 0. The molecule has 1 unspecified atom stereocenters. The molecular weight excluding hydrogens is 290 g/mol. The Morgan fingerprint density at radius 3 is 1.68 bits per heavy atom. The Hall–Kier alpha value is -1.79. The number of nitrogens with zero attached hydrogens (tertiary/aromatic N) is 1. The van der Waals surface area contributed by atoms with Gasteiger partial charge in [0.15, 0.2) is 0 Å². The van der Waals surface area contributed by atoms with E-state index in [2.05, 4.69) is 0 Å². The first-order chi connectivity index (χ1) is 10.2. The molecule has 1 aliphatic rings. The first-order valence-corrected chi connectivity index (χ1v) is 7.50. The maximum absolute atomic E-state index is 12.1. The summed E-state index contributed by atoms with van der Waals surface area (Å²) in [6.45, 7) is 9.28. The van der Waals surface area contributed by atoms with Gasteiger partial charge in [-0.15, -0.1) is 0 Å². The smallest absolute Gasteiger partial charge is 0.410 e. The highest BCUT2D eigenvalue weighted by Crippen LogP contribution is 2.27. The van der Waals surface area contributed by atoms with Crippen molar-refractivity contribution in [2.45, 2.75) is 40.2 Å². The predicted octanol–water partition coefficient (Wildman–Crippen LogP) is 1.60. The van der Waals surface area contributed by atoms with Crippen LogP contribution >= 0.6 is 0 Å². The molecule has 0 N–H and O–H groups in total. The van der Waals surface area contributed by atoms with Crippen LogP contribution in [-0.2, 0) is 23.8 Å². The van der Waals surface area contributed by atoms with Crippen molar-refractivity contribution in [3.63, 3.8) is 0 Å². The Bertz CT molecular complexity index is 402. The quantitative estimate of drug-likeness (QED) is 0.579. The third-order valence-electron chi connectivity index (χ3n) is 3.15. The highest BCUT2D eigenvalue weighted by Gasteiger charge is 2.46. The van der Waals surface area contributed by atoms with Gasteiger partial charge in [0.25, 0.3) is 0 Å². The number of ether oxygens (including phenoxy) is 3. The maximum atomic E-state index is 12.1. The van der Waals surface area contributed by atoms with Crippen molar-refractivity contribution in [2.75, 3.05) is 26.3 Å². The van der Waals surface area contributed by atoms with Crippen LogP contribution in [0.15, 0.2) is 0 Å². The zero-order valence-electron chi connectivity index (χ0n) is 13.9. The van der Waals surface area contributed by atoms with E-state index >= 15 is 0 Å². The van der Waals surface area contributed by atoms with Gasteiger partial charge in [-0.3, -0.25) is 9.59 Å². The van der Waals surface area contributed by atoms with Crippen molar-refractivity contribution < 1.29 is 28.6 Å². The summed E-state index contributed by atoms with van der Waals surface area (Å²) < 4.78 is 15.3. The lowest BCUT2D eigenvalue weighted by atomic mass is 9.96. The average Bonchev–Trinajstić information content (AvgIpc) is 2.82. The molecule has 0 aromatic carbocycles. The SMILES string of the molecule is CCOC(=O)C1CN(C(=O)OC(C)(C)C)C[C@H]1C(=O)OCC. The minimum atomic E-state index is -0.716. The van der Waals surface area contributed by atoms with Gasteiger partial charge in [-0.1, -0.05) is 0 Å². The van der Waals surface area contributed by atoms with Crippen LogP contribution in [-0.4, -0.2) is 54.8 Å². The highest BCUT2D eigenvalue weighted by atomic mass is 16.6. The predicted molar refractivity (Wildman–Crippen MR) is 78.1 cm³/mol. The van der Waals surface area contributed by atoms with Crippen LogP contribution < -0.4 is 0 Å². The van der Waals surface area contributed by atoms with Crippen LogP contribution in [0.25, 0.3) is 0 Å². The summed E-state index contributed by atoms with van der Waals surface area (Å²) in [5.74, 6) is -2.42. The number of carbonyl (C=O) groups excluding carboxylic acids is 3. The van der Waals surface area contributed by atoms with Gasteiger partial charge < -0.3 is 19.1 Å². The molecule has 1 rings (SSSR count). The van der Waals surface area contributed by atoms with Crippen LogP contribution in [0.1, 0.15) is 34.6 Å². The molecule has 0 spiro atoms. The molecule has 0 saturated carbocycles. The third kappa shape index (κ3) is 4.89. The molecule has 7 heteroatoms. The van der Waals surface area contributed by atoms with E-state index in [0.717, 1.165) is 0 Å². The Balaban J connectivity index is 2.83. The fraction of sp³-hybridized carbons (Fsp3) is 0.800. The average molecular weight is 315 g/mol. The minimum Gasteiger partial charge on any atom is -0.466 e. The molecule has 0 radical (unpaired) electrons. The molecule has 0 aromatic rings. The van der Waals surface area contributed by atoms with Gasteiger partial charge in [0.2, 0.25) is 0 Å². The topological polar surface area (TPSA) is 82.1 Å². The van der Waals surface area contributed by atoms with Gasteiger partial charge in [-0.25, -0.2) is 4.79 Å². The number of esters is 2. The first kappa shape index (κ1) is 18.3. The van der Waals surface area contributed by atoms with E-state index in [1.54, 1.807) is 34.6 Å². The first-order valence-electron chi connectivity index (χ1n) is 7.50. The molecule has 22 heavy (non-hydrogen) atoms. The van der Waals surface area contributed by atoms with Crippen molar-refractivity contribution in [3.05, 3.63) is 0 Å². The zero-order chi connectivity index (χ0) is 16.9. The van der Waals surface area contributed by atoms with Crippen LogP contribution in [0.4, 0.5) is 4.79 Å². The third-order valence-corrected chi connectivity index (χ3v) is 3.15. The fourth-order valence-corrected chi connectivity index (χ4v) is 2.26. The van der Waals surface area contributed by atoms with Crippen molar-refractivity contribution in [3.8, 4) is 0 Å². The van der Waals surface area contributed by atoms with Crippen LogP contribution in [0, 0.1) is 11.8 Å². The maximum Gasteiger partial charge on any atom is 0.410 e. The lowest BCUT2D eigenvalue weighted by molar-refractivity contribution is -0.157. The molecule has 0 aromatic heterocycles. The zero-order valence-corrected chi connectivity index (χ0v) is 13.9. The van der Waals surface area contributed by atoms with Crippen molar-refractivity contribution >= 4 is 18.0 Å². The molecule has 1 aliphatic heterocycles. The van der Waals surface area contributed by atoms with Gasteiger partial charge in [0.05, 0.1) is 25.0 Å². The van der Waals surface area contributed by atoms with Gasteiger partial charge in [-0.05, 0) is 34.6 Å². The molecule has 0 aliphatic carbocycles. The summed E-state index contributed by atoms with van der Waals surface area (Å²) in [7, 11) is 0. The van der Waals surface area contributed by atoms with E-state index in [1.165, 1.54) is 4.90 Å². The molecule has 2 atom stereocenters. The van der Waals surface area contributed by atoms with Crippen molar-refractivity contribution in [1.82, 2.24) is 4.90 Å². The molecule has 1 fully saturated rings. The number of hydrogen-bond acceptors (Lipinski definition) is 6. The summed E-state index contributed by atoms with van der Waals surface area (Å²) in [6.07, 6.45) is -0.548. The number of rotatable bonds is 4. The molecule has 1 amide bonds. The molecular formula is C15H25NO6. The molecule has 1 saturated heterocycles. The molecule has 7 nitrogen and oxygen atoms in total. The van der Waals surface area contributed by atoms with E-state index in [-0.39, 0.29) is 26.3 Å². The second-order valence-electron chi connectivity index (χ2n) is 6.10. The van der Waals surface area contributed by atoms with Crippen molar-refractivity contribution in [2.24, 2.45) is 11.8 Å². The minimum absolute atomic E-state index is 0.0945. The van der Waals surface area contributed by atoms with E-state index in [0.29, 0.717) is 0 Å². The Morgan fingerprint density at radius 1 is 0.955 bits per heavy atom. The number of carbonyl (C=O) groups is 3. The highest BCUT2D eigenvalue weighted by molar-refractivity contribution is 5.85. The summed E-state index contributed by atoms with van der Waals surface area (Å²) in [5.41, 5.74) is -0.640.